The molecule has 0 bridgehead atoms. The maximum atomic E-state index is 13.1. The van der Waals surface area contributed by atoms with Gasteiger partial charge in [-0.15, -0.1) is 10.2 Å². The lowest BCUT2D eigenvalue weighted by Crippen LogP contribution is -2.31. The van der Waals surface area contributed by atoms with Crippen molar-refractivity contribution in [1.82, 2.24) is 19.7 Å². The van der Waals surface area contributed by atoms with Gasteiger partial charge in [0.25, 0.3) is 0 Å². The molecule has 0 spiro atoms. The van der Waals surface area contributed by atoms with Gasteiger partial charge in [0.05, 0.1) is 18.6 Å². The largest absolute Gasteiger partial charge is 0.467 e. The standard InChI is InChI=1S/C22H24N4O2S/c27-20(15-29-22-24-23-21(17-8-9-17)26(22)18-10-11-18)25(14-19-7-4-12-28-19)13-16-5-2-1-3-6-16/h1-7,12,17-18H,8-11,13-15H2. The van der Waals surface area contributed by atoms with Gasteiger partial charge in [0.15, 0.2) is 5.16 Å². The summed E-state index contributed by atoms with van der Waals surface area (Å²) in [5.41, 5.74) is 1.11. The van der Waals surface area contributed by atoms with E-state index < -0.39 is 0 Å². The van der Waals surface area contributed by atoms with Gasteiger partial charge in [-0.2, -0.15) is 0 Å². The Morgan fingerprint density at radius 3 is 2.59 bits per heavy atom. The van der Waals surface area contributed by atoms with Crippen molar-refractivity contribution >= 4 is 17.7 Å². The topological polar surface area (TPSA) is 64.2 Å². The molecule has 150 valence electrons. The molecule has 0 aliphatic heterocycles. The van der Waals surface area contributed by atoms with Crippen molar-refractivity contribution in [3.05, 3.63) is 65.9 Å². The normalized spacial score (nSPS) is 16.1. The van der Waals surface area contributed by atoms with Crippen molar-refractivity contribution in [3.63, 3.8) is 0 Å². The van der Waals surface area contributed by atoms with E-state index in [4.69, 9.17) is 4.42 Å². The van der Waals surface area contributed by atoms with Crippen molar-refractivity contribution in [2.24, 2.45) is 0 Å². The van der Waals surface area contributed by atoms with Crippen LogP contribution in [0.5, 0.6) is 0 Å². The van der Waals surface area contributed by atoms with Crippen LogP contribution >= 0.6 is 11.8 Å². The number of rotatable bonds is 9. The molecule has 0 atom stereocenters. The predicted octanol–water partition coefficient (Wildman–Crippen LogP) is 4.40. The van der Waals surface area contributed by atoms with Gasteiger partial charge in [-0.1, -0.05) is 42.1 Å². The maximum Gasteiger partial charge on any atom is 0.233 e. The molecule has 0 unspecified atom stereocenters. The summed E-state index contributed by atoms with van der Waals surface area (Å²) >= 11 is 1.51. The minimum atomic E-state index is 0.0774. The Bertz CT molecular complexity index is 962. The summed E-state index contributed by atoms with van der Waals surface area (Å²) in [6, 6.07) is 14.4. The lowest BCUT2D eigenvalue weighted by atomic mass is 10.2. The number of hydrogen-bond acceptors (Lipinski definition) is 5. The first-order valence-electron chi connectivity index (χ1n) is 10.2. The molecule has 7 heteroatoms. The summed E-state index contributed by atoms with van der Waals surface area (Å²) in [5.74, 6) is 2.91. The zero-order valence-electron chi connectivity index (χ0n) is 16.2. The van der Waals surface area contributed by atoms with Gasteiger partial charge in [-0.25, -0.2) is 0 Å². The minimum absolute atomic E-state index is 0.0774. The molecule has 2 aromatic heterocycles. The third kappa shape index (κ3) is 4.40. The summed E-state index contributed by atoms with van der Waals surface area (Å²) < 4.78 is 7.78. The third-order valence-corrected chi connectivity index (χ3v) is 6.29. The molecule has 2 saturated carbocycles. The summed E-state index contributed by atoms with van der Waals surface area (Å²) in [6.45, 7) is 1.02. The number of furan rings is 1. The molecule has 1 aromatic carbocycles. The molecule has 6 nitrogen and oxygen atoms in total. The number of hydrogen-bond donors (Lipinski definition) is 0. The van der Waals surface area contributed by atoms with Crippen LogP contribution in [0, 0.1) is 0 Å². The molecule has 0 saturated heterocycles. The minimum Gasteiger partial charge on any atom is -0.467 e. The molecule has 2 aliphatic rings. The van der Waals surface area contributed by atoms with E-state index in [1.165, 1.54) is 37.4 Å². The highest BCUT2D eigenvalue weighted by Gasteiger charge is 2.36. The van der Waals surface area contributed by atoms with E-state index in [1.54, 1.807) is 6.26 Å². The van der Waals surface area contributed by atoms with E-state index in [2.05, 4.69) is 14.8 Å². The number of amides is 1. The summed E-state index contributed by atoms with van der Waals surface area (Å²) in [5, 5.41) is 9.75. The van der Waals surface area contributed by atoms with E-state index >= 15 is 0 Å². The van der Waals surface area contributed by atoms with Crippen LogP contribution in [0.1, 0.15) is 54.8 Å². The Balaban J connectivity index is 1.29. The van der Waals surface area contributed by atoms with E-state index in [9.17, 15) is 4.79 Å². The molecule has 2 fully saturated rings. The lowest BCUT2D eigenvalue weighted by Gasteiger charge is -2.22. The van der Waals surface area contributed by atoms with Crippen LogP contribution in [0.3, 0.4) is 0 Å². The van der Waals surface area contributed by atoms with Crippen LogP contribution in [0.2, 0.25) is 0 Å². The maximum absolute atomic E-state index is 13.1. The Hall–Kier alpha value is -2.54. The zero-order chi connectivity index (χ0) is 19.6. The molecule has 0 N–H and O–H groups in total. The summed E-state index contributed by atoms with van der Waals surface area (Å²) in [7, 11) is 0. The van der Waals surface area contributed by atoms with Crippen LogP contribution < -0.4 is 0 Å². The fourth-order valence-corrected chi connectivity index (χ4v) is 4.44. The quantitative estimate of drug-likeness (QED) is 0.491. The zero-order valence-corrected chi connectivity index (χ0v) is 17.1. The smallest absolute Gasteiger partial charge is 0.233 e. The van der Waals surface area contributed by atoms with Gasteiger partial charge >= 0.3 is 0 Å². The highest BCUT2D eigenvalue weighted by atomic mass is 32.2. The number of carbonyl (C=O) groups excluding carboxylic acids is 1. The molecular formula is C22H24N4O2S. The second-order valence-electron chi connectivity index (χ2n) is 7.82. The predicted molar refractivity (Wildman–Crippen MR) is 110 cm³/mol. The van der Waals surface area contributed by atoms with E-state index in [1.807, 2.05) is 47.4 Å². The lowest BCUT2D eigenvalue weighted by molar-refractivity contribution is -0.129. The Morgan fingerprint density at radius 1 is 1.07 bits per heavy atom. The highest BCUT2D eigenvalue weighted by molar-refractivity contribution is 7.99. The van der Waals surface area contributed by atoms with E-state index in [0.29, 0.717) is 30.8 Å². The van der Waals surface area contributed by atoms with Gasteiger partial charge in [-0.3, -0.25) is 4.79 Å². The first-order chi connectivity index (χ1) is 14.3. The van der Waals surface area contributed by atoms with Crippen LogP contribution in [-0.2, 0) is 17.9 Å². The van der Waals surface area contributed by atoms with Crippen molar-refractivity contribution < 1.29 is 9.21 Å². The Kier molecular flexibility index (Phi) is 5.14. The number of aromatic nitrogens is 3. The second kappa shape index (κ2) is 8.06. The summed E-state index contributed by atoms with van der Waals surface area (Å²) in [4.78, 5) is 15.0. The first kappa shape index (κ1) is 18.5. The monoisotopic (exact) mass is 408 g/mol. The highest BCUT2D eigenvalue weighted by Crippen LogP contribution is 2.46. The Morgan fingerprint density at radius 2 is 1.90 bits per heavy atom. The SMILES string of the molecule is O=C(CSc1nnc(C2CC2)n1C1CC1)N(Cc1ccccc1)Cc1ccco1. The average Bonchev–Trinajstić information content (AvgIpc) is 3.67. The molecule has 1 amide bonds. The fraction of sp³-hybridized carbons (Fsp3) is 0.409. The molecule has 5 rings (SSSR count). The van der Waals surface area contributed by atoms with Gasteiger partial charge < -0.3 is 13.9 Å². The number of benzene rings is 1. The molecule has 0 radical (unpaired) electrons. The molecule has 2 heterocycles. The third-order valence-electron chi connectivity index (χ3n) is 5.37. The second-order valence-corrected chi connectivity index (χ2v) is 8.76. The molecule has 29 heavy (non-hydrogen) atoms. The van der Waals surface area contributed by atoms with Gasteiger partial charge in [0.2, 0.25) is 5.91 Å². The van der Waals surface area contributed by atoms with E-state index in [-0.39, 0.29) is 5.91 Å². The van der Waals surface area contributed by atoms with Crippen molar-refractivity contribution in [2.45, 2.75) is 55.9 Å². The fourth-order valence-electron chi connectivity index (χ4n) is 3.53. The first-order valence-corrected chi connectivity index (χ1v) is 11.2. The van der Waals surface area contributed by atoms with Crippen LogP contribution in [-0.4, -0.2) is 31.3 Å². The van der Waals surface area contributed by atoms with Crippen LogP contribution in [0.25, 0.3) is 0 Å². The number of carbonyl (C=O) groups is 1. The van der Waals surface area contributed by atoms with Crippen LogP contribution in [0.15, 0.2) is 58.3 Å². The molecule has 2 aliphatic carbocycles. The van der Waals surface area contributed by atoms with Crippen LogP contribution in [0.4, 0.5) is 0 Å². The van der Waals surface area contributed by atoms with Crippen molar-refractivity contribution in [2.75, 3.05) is 5.75 Å². The van der Waals surface area contributed by atoms with Gasteiger partial charge in [0.1, 0.15) is 11.6 Å². The van der Waals surface area contributed by atoms with Crippen molar-refractivity contribution in [3.8, 4) is 0 Å². The van der Waals surface area contributed by atoms with Gasteiger partial charge in [-0.05, 0) is 43.4 Å². The van der Waals surface area contributed by atoms with E-state index in [0.717, 1.165) is 22.3 Å². The number of thioether (sulfide) groups is 1. The molecular weight excluding hydrogens is 384 g/mol. The van der Waals surface area contributed by atoms with Gasteiger partial charge in [0, 0.05) is 18.5 Å². The van der Waals surface area contributed by atoms with Crippen molar-refractivity contribution in [1.29, 1.82) is 0 Å². The molecule has 3 aromatic rings. The number of nitrogens with zero attached hydrogens (tertiary/aromatic N) is 4. The summed E-state index contributed by atoms with van der Waals surface area (Å²) in [6.07, 6.45) is 6.45. The average molecular weight is 409 g/mol. The Labute approximate surface area is 174 Å².